The highest BCUT2D eigenvalue weighted by Gasteiger charge is 2.30. The summed E-state index contributed by atoms with van der Waals surface area (Å²) in [5.74, 6) is 1.01. The van der Waals surface area contributed by atoms with E-state index >= 15 is 0 Å². The van der Waals surface area contributed by atoms with Gasteiger partial charge in [-0.15, -0.1) is 0 Å². The molecular weight excluding hydrogens is 234 g/mol. The highest BCUT2D eigenvalue weighted by Crippen LogP contribution is 2.39. The average molecular weight is 263 g/mol. The van der Waals surface area contributed by atoms with Gasteiger partial charge in [0.25, 0.3) is 0 Å². The van der Waals surface area contributed by atoms with Gasteiger partial charge in [-0.25, -0.2) is 0 Å². The van der Waals surface area contributed by atoms with Crippen molar-refractivity contribution in [3.05, 3.63) is 29.8 Å². The van der Waals surface area contributed by atoms with Crippen molar-refractivity contribution >= 4 is 0 Å². The first-order valence-corrected chi connectivity index (χ1v) is 7.51. The van der Waals surface area contributed by atoms with Crippen LogP contribution < -0.4 is 10.1 Å². The van der Waals surface area contributed by atoms with Crippen LogP contribution in [-0.4, -0.2) is 13.2 Å². The van der Waals surface area contributed by atoms with Gasteiger partial charge in [-0.3, -0.25) is 0 Å². The predicted octanol–water partition coefficient (Wildman–Crippen LogP) is 4.56. The first-order chi connectivity index (χ1) is 9.06. The smallest absolute Gasteiger partial charge is 0.124 e. The third kappa shape index (κ3) is 4.24. The lowest BCUT2D eigenvalue weighted by Crippen LogP contribution is -2.34. The van der Waals surface area contributed by atoms with E-state index in [1.54, 1.807) is 0 Å². The fourth-order valence-electron chi connectivity index (χ4n) is 2.31. The summed E-state index contributed by atoms with van der Waals surface area (Å²) in [6, 6.07) is 8.75. The van der Waals surface area contributed by atoms with Gasteiger partial charge >= 0.3 is 0 Å². The van der Waals surface area contributed by atoms with Crippen LogP contribution >= 0.6 is 0 Å². The van der Waals surface area contributed by atoms with Crippen LogP contribution in [0.1, 0.15) is 59.1 Å². The Bertz CT molecular complexity index is 373. The predicted molar refractivity (Wildman–Crippen MR) is 82.7 cm³/mol. The highest BCUT2D eigenvalue weighted by molar-refractivity contribution is 5.37. The second-order valence-electron chi connectivity index (χ2n) is 5.70. The molecule has 1 N–H and O–H groups in total. The van der Waals surface area contributed by atoms with Gasteiger partial charge < -0.3 is 10.1 Å². The molecule has 0 saturated heterocycles. The third-order valence-corrected chi connectivity index (χ3v) is 3.82. The Morgan fingerprint density at radius 3 is 2.42 bits per heavy atom. The van der Waals surface area contributed by atoms with Crippen LogP contribution in [0.3, 0.4) is 0 Å². The summed E-state index contributed by atoms with van der Waals surface area (Å²) in [6.45, 7) is 12.9. The molecule has 1 atom stereocenters. The standard InChI is InChI=1S/C17H29NO/c1-6-13-18-16(17(4,5)7-2)14-11-9-10-12-15(14)19-8-3/h9-12,16,18H,6-8,13H2,1-5H3. The number of ether oxygens (including phenoxy) is 1. The van der Waals surface area contributed by atoms with Crippen LogP contribution in [-0.2, 0) is 0 Å². The normalized spacial score (nSPS) is 13.3. The molecular formula is C17H29NO. The molecule has 0 aliphatic carbocycles. The molecule has 0 heterocycles. The summed E-state index contributed by atoms with van der Waals surface area (Å²) >= 11 is 0. The van der Waals surface area contributed by atoms with Crippen molar-refractivity contribution in [2.75, 3.05) is 13.2 Å². The van der Waals surface area contributed by atoms with E-state index in [1.807, 2.05) is 13.0 Å². The van der Waals surface area contributed by atoms with Gasteiger partial charge in [-0.2, -0.15) is 0 Å². The van der Waals surface area contributed by atoms with Crippen molar-refractivity contribution in [2.45, 2.75) is 53.5 Å². The SMILES string of the molecule is CCCNC(c1ccccc1OCC)C(C)(C)CC. The van der Waals surface area contributed by atoms with Gasteiger partial charge in [0.15, 0.2) is 0 Å². The van der Waals surface area contributed by atoms with Gasteiger partial charge in [0.05, 0.1) is 6.61 Å². The Morgan fingerprint density at radius 2 is 1.84 bits per heavy atom. The number of nitrogens with one attached hydrogen (secondary N) is 1. The van der Waals surface area contributed by atoms with E-state index in [4.69, 9.17) is 4.74 Å². The van der Waals surface area contributed by atoms with Gasteiger partial charge in [0.1, 0.15) is 5.75 Å². The van der Waals surface area contributed by atoms with Gasteiger partial charge in [-0.05, 0) is 37.8 Å². The van der Waals surface area contributed by atoms with Crippen molar-refractivity contribution in [1.29, 1.82) is 0 Å². The van der Waals surface area contributed by atoms with E-state index in [2.05, 4.69) is 51.2 Å². The van der Waals surface area contributed by atoms with E-state index in [0.717, 1.165) is 25.1 Å². The fraction of sp³-hybridized carbons (Fsp3) is 0.647. The topological polar surface area (TPSA) is 21.3 Å². The fourth-order valence-corrected chi connectivity index (χ4v) is 2.31. The van der Waals surface area contributed by atoms with E-state index in [0.29, 0.717) is 12.6 Å². The van der Waals surface area contributed by atoms with Gasteiger partial charge in [0.2, 0.25) is 0 Å². The molecule has 0 fully saturated rings. The number of hydrogen-bond acceptors (Lipinski definition) is 2. The Kier molecular flexibility index (Phi) is 6.36. The molecule has 0 radical (unpaired) electrons. The molecule has 0 aromatic heterocycles. The minimum atomic E-state index is 0.211. The minimum Gasteiger partial charge on any atom is -0.494 e. The molecule has 1 aromatic carbocycles. The van der Waals surface area contributed by atoms with E-state index in [1.165, 1.54) is 5.56 Å². The summed E-state index contributed by atoms with van der Waals surface area (Å²) in [5, 5.41) is 3.70. The Labute approximate surface area is 118 Å². The van der Waals surface area contributed by atoms with Crippen LogP contribution in [0.15, 0.2) is 24.3 Å². The van der Waals surface area contributed by atoms with E-state index < -0.39 is 0 Å². The molecule has 1 rings (SSSR count). The van der Waals surface area contributed by atoms with Gasteiger partial charge in [-0.1, -0.05) is 45.9 Å². The molecule has 1 unspecified atom stereocenters. The second-order valence-corrected chi connectivity index (χ2v) is 5.70. The summed E-state index contributed by atoms with van der Waals surface area (Å²) < 4.78 is 5.80. The number of para-hydroxylation sites is 1. The van der Waals surface area contributed by atoms with Crippen molar-refractivity contribution in [2.24, 2.45) is 5.41 Å². The first-order valence-electron chi connectivity index (χ1n) is 7.51. The molecule has 2 heteroatoms. The molecule has 2 nitrogen and oxygen atoms in total. The van der Waals surface area contributed by atoms with Crippen molar-refractivity contribution in [1.82, 2.24) is 5.32 Å². The summed E-state index contributed by atoms with van der Waals surface area (Å²) in [4.78, 5) is 0. The molecule has 0 aliphatic rings. The molecule has 19 heavy (non-hydrogen) atoms. The van der Waals surface area contributed by atoms with Gasteiger partial charge in [0, 0.05) is 11.6 Å². The number of benzene rings is 1. The zero-order valence-electron chi connectivity index (χ0n) is 13.1. The summed E-state index contributed by atoms with van der Waals surface area (Å²) in [6.07, 6.45) is 2.28. The van der Waals surface area contributed by atoms with Crippen LogP contribution in [0.4, 0.5) is 0 Å². The van der Waals surface area contributed by atoms with Crippen molar-refractivity contribution < 1.29 is 4.74 Å². The van der Waals surface area contributed by atoms with Crippen LogP contribution in [0.2, 0.25) is 0 Å². The van der Waals surface area contributed by atoms with Crippen molar-refractivity contribution in [3.63, 3.8) is 0 Å². The largest absolute Gasteiger partial charge is 0.494 e. The van der Waals surface area contributed by atoms with Crippen LogP contribution in [0, 0.1) is 5.41 Å². The lowest BCUT2D eigenvalue weighted by Gasteiger charge is -2.35. The maximum atomic E-state index is 5.80. The quantitative estimate of drug-likeness (QED) is 0.742. The maximum absolute atomic E-state index is 5.80. The summed E-state index contributed by atoms with van der Waals surface area (Å²) in [7, 11) is 0. The van der Waals surface area contributed by atoms with Crippen LogP contribution in [0.5, 0.6) is 5.75 Å². The zero-order chi connectivity index (χ0) is 14.3. The molecule has 0 aliphatic heterocycles. The number of rotatable bonds is 8. The number of hydrogen-bond donors (Lipinski definition) is 1. The lowest BCUT2D eigenvalue weighted by atomic mass is 9.78. The first kappa shape index (κ1) is 16.0. The van der Waals surface area contributed by atoms with Crippen molar-refractivity contribution in [3.8, 4) is 5.75 Å². The monoisotopic (exact) mass is 263 g/mol. The van der Waals surface area contributed by atoms with E-state index in [9.17, 15) is 0 Å². The Morgan fingerprint density at radius 1 is 1.16 bits per heavy atom. The Balaban J connectivity index is 3.09. The zero-order valence-corrected chi connectivity index (χ0v) is 13.1. The van der Waals surface area contributed by atoms with Crippen LogP contribution in [0.25, 0.3) is 0 Å². The average Bonchev–Trinajstić information content (AvgIpc) is 2.41. The molecule has 108 valence electrons. The molecule has 0 spiro atoms. The minimum absolute atomic E-state index is 0.211. The third-order valence-electron chi connectivity index (χ3n) is 3.82. The molecule has 0 saturated carbocycles. The highest BCUT2D eigenvalue weighted by atomic mass is 16.5. The molecule has 0 amide bonds. The lowest BCUT2D eigenvalue weighted by molar-refractivity contribution is 0.226. The molecule has 1 aromatic rings. The molecule has 0 bridgehead atoms. The van der Waals surface area contributed by atoms with E-state index in [-0.39, 0.29) is 5.41 Å². The Hall–Kier alpha value is -1.02. The summed E-state index contributed by atoms with van der Waals surface area (Å²) in [5.41, 5.74) is 1.49. The second kappa shape index (κ2) is 7.54. The maximum Gasteiger partial charge on any atom is 0.124 e.